The Balaban J connectivity index is 2.27. The monoisotopic (exact) mass is 252 g/mol. The standard InChI is InChI=1S/C14H21ClN2/c1-10(11-7-8-11)17(3)14-12(9-16-2)5-4-6-13(14)15/h4-6,10-11,16H,7-9H2,1-3H3. The van der Waals surface area contributed by atoms with Crippen LogP contribution in [0.15, 0.2) is 18.2 Å². The number of halogens is 1. The molecule has 2 nitrogen and oxygen atoms in total. The van der Waals surface area contributed by atoms with Crippen LogP contribution >= 0.6 is 11.6 Å². The smallest absolute Gasteiger partial charge is 0.0642 e. The molecule has 0 radical (unpaired) electrons. The summed E-state index contributed by atoms with van der Waals surface area (Å²) in [5.41, 5.74) is 2.46. The van der Waals surface area contributed by atoms with E-state index in [9.17, 15) is 0 Å². The molecule has 0 aliphatic heterocycles. The summed E-state index contributed by atoms with van der Waals surface area (Å²) >= 11 is 6.36. The summed E-state index contributed by atoms with van der Waals surface area (Å²) < 4.78 is 0. The van der Waals surface area contributed by atoms with Crippen LogP contribution in [0.5, 0.6) is 0 Å². The molecule has 0 amide bonds. The average molecular weight is 253 g/mol. The Labute approximate surface area is 109 Å². The second-order valence-electron chi connectivity index (χ2n) is 4.97. The molecule has 94 valence electrons. The molecule has 17 heavy (non-hydrogen) atoms. The summed E-state index contributed by atoms with van der Waals surface area (Å²) in [4.78, 5) is 2.34. The highest BCUT2D eigenvalue weighted by molar-refractivity contribution is 6.33. The second kappa shape index (κ2) is 5.28. The third-order valence-electron chi connectivity index (χ3n) is 3.71. The third kappa shape index (κ3) is 2.75. The molecule has 1 fully saturated rings. The third-order valence-corrected chi connectivity index (χ3v) is 4.01. The molecule has 3 heteroatoms. The average Bonchev–Trinajstić information content (AvgIpc) is 3.12. The molecular weight excluding hydrogens is 232 g/mol. The maximum absolute atomic E-state index is 6.36. The summed E-state index contributed by atoms with van der Waals surface area (Å²) in [6.07, 6.45) is 2.72. The van der Waals surface area contributed by atoms with Crippen LogP contribution in [-0.2, 0) is 6.54 Å². The minimum absolute atomic E-state index is 0.575. The minimum Gasteiger partial charge on any atom is -0.370 e. The quantitative estimate of drug-likeness (QED) is 0.865. The van der Waals surface area contributed by atoms with Gasteiger partial charge < -0.3 is 10.2 Å². The van der Waals surface area contributed by atoms with E-state index in [0.717, 1.165) is 17.5 Å². The Morgan fingerprint density at radius 3 is 2.76 bits per heavy atom. The first-order valence-corrected chi connectivity index (χ1v) is 6.67. The van der Waals surface area contributed by atoms with E-state index in [4.69, 9.17) is 11.6 Å². The first-order valence-electron chi connectivity index (χ1n) is 6.30. The Bertz CT molecular complexity index is 388. The number of hydrogen-bond acceptors (Lipinski definition) is 2. The highest BCUT2D eigenvalue weighted by atomic mass is 35.5. The number of para-hydroxylation sites is 1. The van der Waals surface area contributed by atoms with Crippen molar-refractivity contribution in [2.75, 3.05) is 19.0 Å². The van der Waals surface area contributed by atoms with Gasteiger partial charge in [-0.05, 0) is 44.4 Å². The van der Waals surface area contributed by atoms with Crippen molar-refractivity contribution in [3.63, 3.8) is 0 Å². The fourth-order valence-electron chi connectivity index (χ4n) is 2.39. The molecule has 0 saturated heterocycles. The second-order valence-corrected chi connectivity index (χ2v) is 5.37. The molecule has 1 aliphatic rings. The maximum Gasteiger partial charge on any atom is 0.0642 e. The zero-order valence-electron chi connectivity index (χ0n) is 10.8. The summed E-state index contributed by atoms with van der Waals surface area (Å²) in [5.74, 6) is 0.846. The minimum atomic E-state index is 0.575. The van der Waals surface area contributed by atoms with Crippen LogP contribution in [-0.4, -0.2) is 20.1 Å². The van der Waals surface area contributed by atoms with E-state index in [-0.39, 0.29) is 0 Å². The van der Waals surface area contributed by atoms with Crippen molar-refractivity contribution < 1.29 is 0 Å². The Morgan fingerprint density at radius 1 is 1.47 bits per heavy atom. The van der Waals surface area contributed by atoms with Gasteiger partial charge in [0, 0.05) is 19.6 Å². The summed E-state index contributed by atoms with van der Waals surface area (Å²) in [6.45, 7) is 3.15. The van der Waals surface area contributed by atoms with Crippen LogP contribution in [0, 0.1) is 5.92 Å². The molecule has 1 atom stereocenters. The van der Waals surface area contributed by atoms with E-state index >= 15 is 0 Å². The van der Waals surface area contributed by atoms with Crippen LogP contribution in [0.2, 0.25) is 5.02 Å². The van der Waals surface area contributed by atoms with Gasteiger partial charge in [0.25, 0.3) is 0 Å². The van der Waals surface area contributed by atoms with Gasteiger partial charge in [0.2, 0.25) is 0 Å². The largest absolute Gasteiger partial charge is 0.370 e. The van der Waals surface area contributed by atoms with Crippen molar-refractivity contribution in [1.29, 1.82) is 0 Å². The van der Waals surface area contributed by atoms with Gasteiger partial charge in [0.1, 0.15) is 0 Å². The lowest BCUT2D eigenvalue weighted by Gasteiger charge is -2.30. The molecule has 1 N–H and O–H groups in total. The predicted octanol–water partition coefficient (Wildman–Crippen LogP) is 3.29. The summed E-state index contributed by atoms with van der Waals surface area (Å²) in [7, 11) is 4.12. The van der Waals surface area contributed by atoms with Crippen molar-refractivity contribution >= 4 is 17.3 Å². The molecule has 1 aromatic carbocycles. The van der Waals surface area contributed by atoms with Crippen molar-refractivity contribution in [3.05, 3.63) is 28.8 Å². The van der Waals surface area contributed by atoms with E-state index in [1.165, 1.54) is 24.1 Å². The number of rotatable bonds is 5. The SMILES string of the molecule is CNCc1cccc(Cl)c1N(C)C(C)C1CC1. The van der Waals surface area contributed by atoms with Gasteiger partial charge in [-0.3, -0.25) is 0 Å². The van der Waals surface area contributed by atoms with Crippen LogP contribution in [0.1, 0.15) is 25.3 Å². The zero-order chi connectivity index (χ0) is 12.4. The van der Waals surface area contributed by atoms with Crippen molar-refractivity contribution in [2.45, 2.75) is 32.4 Å². The lowest BCUT2D eigenvalue weighted by atomic mass is 10.1. The van der Waals surface area contributed by atoms with Gasteiger partial charge in [-0.1, -0.05) is 23.7 Å². The first kappa shape index (κ1) is 12.7. The molecule has 2 rings (SSSR count). The van der Waals surface area contributed by atoms with Crippen molar-refractivity contribution in [1.82, 2.24) is 5.32 Å². The molecule has 0 aromatic heterocycles. The van der Waals surface area contributed by atoms with Crippen LogP contribution < -0.4 is 10.2 Å². The Hall–Kier alpha value is -0.730. The molecule has 0 spiro atoms. The topological polar surface area (TPSA) is 15.3 Å². The van der Waals surface area contributed by atoms with Gasteiger partial charge >= 0.3 is 0 Å². The summed E-state index contributed by atoms with van der Waals surface area (Å²) in [5, 5.41) is 4.06. The molecule has 0 bridgehead atoms. The highest BCUT2D eigenvalue weighted by Crippen LogP contribution is 2.39. The molecule has 1 saturated carbocycles. The van der Waals surface area contributed by atoms with E-state index in [1.807, 2.05) is 19.2 Å². The summed E-state index contributed by atoms with van der Waals surface area (Å²) in [6, 6.07) is 6.72. The molecule has 1 unspecified atom stereocenters. The highest BCUT2D eigenvalue weighted by Gasteiger charge is 2.31. The predicted molar refractivity (Wildman–Crippen MR) is 74.8 cm³/mol. The van der Waals surface area contributed by atoms with Gasteiger partial charge in [0.15, 0.2) is 0 Å². The lowest BCUT2D eigenvalue weighted by molar-refractivity contribution is 0.606. The van der Waals surface area contributed by atoms with Gasteiger partial charge in [-0.25, -0.2) is 0 Å². The molecular formula is C14H21ClN2. The fraction of sp³-hybridized carbons (Fsp3) is 0.571. The van der Waals surface area contributed by atoms with Crippen LogP contribution in [0.3, 0.4) is 0 Å². The normalized spacial score (nSPS) is 16.9. The van der Waals surface area contributed by atoms with E-state index in [0.29, 0.717) is 6.04 Å². The van der Waals surface area contributed by atoms with Crippen molar-refractivity contribution in [2.24, 2.45) is 5.92 Å². The van der Waals surface area contributed by atoms with E-state index in [1.54, 1.807) is 0 Å². The van der Waals surface area contributed by atoms with Gasteiger partial charge in [-0.2, -0.15) is 0 Å². The maximum atomic E-state index is 6.36. The molecule has 1 aliphatic carbocycles. The Morgan fingerprint density at radius 2 is 2.18 bits per heavy atom. The zero-order valence-corrected chi connectivity index (χ0v) is 11.6. The lowest BCUT2D eigenvalue weighted by Crippen LogP contribution is -2.32. The van der Waals surface area contributed by atoms with Crippen LogP contribution in [0.4, 0.5) is 5.69 Å². The van der Waals surface area contributed by atoms with Gasteiger partial charge in [0.05, 0.1) is 10.7 Å². The van der Waals surface area contributed by atoms with Gasteiger partial charge in [-0.15, -0.1) is 0 Å². The number of hydrogen-bond donors (Lipinski definition) is 1. The molecule has 1 aromatic rings. The number of benzene rings is 1. The van der Waals surface area contributed by atoms with E-state index < -0.39 is 0 Å². The Kier molecular flexibility index (Phi) is 3.95. The fourth-order valence-corrected chi connectivity index (χ4v) is 2.71. The number of anilines is 1. The molecule has 0 heterocycles. The number of nitrogens with one attached hydrogen (secondary N) is 1. The first-order chi connectivity index (χ1) is 8.15. The van der Waals surface area contributed by atoms with E-state index in [2.05, 4.69) is 30.3 Å². The number of nitrogens with zero attached hydrogens (tertiary/aromatic N) is 1. The van der Waals surface area contributed by atoms with Crippen LogP contribution in [0.25, 0.3) is 0 Å². The van der Waals surface area contributed by atoms with Crippen molar-refractivity contribution in [3.8, 4) is 0 Å².